The molecule has 1 aromatic carbocycles. The van der Waals surface area contributed by atoms with Gasteiger partial charge in [0.2, 0.25) is 11.8 Å². The fraction of sp³-hybridized carbons (Fsp3) is 0.429. The van der Waals surface area contributed by atoms with E-state index in [2.05, 4.69) is 10.6 Å². The van der Waals surface area contributed by atoms with Crippen LogP contribution in [0.3, 0.4) is 0 Å². The number of anilines is 1. The number of carbonyl (C=O) groups excluding carboxylic acids is 2. The van der Waals surface area contributed by atoms with Crippen LogP contribution < -0.4 is 15.4 Å². The molecule has 2 N–H and O–H groups in total. The van der Waals surface area contributed by atoms with Crippen LogP contribution in [0.4, 0.5) is 5.69 Å². The third-order valence-corrected chi connectivity index (χ3v) is 2.55. The van der Waals surface area contributed by atoms with E-state index in [1.807, 2.05) is 6.92 Å². The van der Waals surface area contributed by atoms with Gasteiger partial charge in [-0.25, -0.2) is 0 Å². The average Bonchev–Trinajstić information content (AvgIpc) is 2.38. The first-order valence-electron chi connectivity index (χ1n) is 6.44. The first-order valence-corrected chi connectivity index (χ1v) is 6.44. The molecule has 0 aliphatic rings. The third-order valence-electron chi connectivity index (χ3n) is 2.55. The number of amides is 2. The lowest BCUT2D eigenvalue weighted by atomic mass is 10.3. The molecular formula is C14H21N3O3. The van der Waals surface area contributed by atoms with Gasteiger partial charge < -0.3 is 15.4 Å². The van der Waals surface area contributed by atoms with E-state index in [1.54, 1.807) is 43.3 Å². The zero-order valence-electron chi connectivity index (χ0n) is 12.1. The topological polar surface area (TPSA) is 70.7 Å². The van der Waals surface area contributed by atoms with Crippen molar-refractivity contribution < 1.29 is 14.3 Å². The number of rotatable bonds is 7. The molecule has 1 aromatic rings. The van der Waals surface area contributed by atoms with Crippen LogP contribution in [0, 0.1) is 0 Å². The molecule has 110 valence electrons. The van der Waals surface area contributed by atoms with Gasteiger partial charge in [0, 0.05) is 18.3 Å². The summed E-state index contributed by atoms with van der Waals surface area (Å²) in [6.45, 7) is 2.78. The second-order valence-electron chi connectivity index (χ2n) is 4.41. The molecule has 0 unspecified atom stereocenters. The Kier molecular flexibility index (Phi) is 6.52. The van der Waals surface area contributed by atoms with Crippen molar-refractivity contribution in [3.05, 3.63) is 24.3 Å². The molecular weight excluding hydrogens is 258 g/mol. The molecule has 6 nitrogen and oxygen atoms in total. The number of nitrogens with one attached hydrogen (secondary N) is 2. The molecule has 0 radical (unpaired) electrons. The van der Waals surface area contributed by atoms with Crippen LogP contribution in [0.1, 0.15) is 6.92 Å². The fourth-order valence-electron chi connectivity index (χ4n) is 1.70. The van der Waals surface area contributed by atoms with Crippen LogP contribution in [0.2, 0.25) is 0 Å². The van der Waals surface area contributed by atoms with Crippen LogP contribution in [-0.4, -0.2) is 50.5 Å². The van der Waals surface area contributed by atoms with Crippen molar-refractivity contribution in [2.24, 2.45) is 0 Å². The summed E-state index contributed by atoms with van der Waals surface area (Å²) in [4.78, 5) is 24.9. The van der Waals surface area contributed by atoms with E-state index in [9.17, 15) is 9.59 Å². The highest BCUT2D eigenvalue weighted by Gasteiger charge is 2.10. The average molecular weight is 279 g/mol. The first kappa shape index (κ1) is 16.0. The monoisotopic (exact) mass is 279 g/mol. The quantitative estimate of drug-likeness (QED) is 0.771. The minimum absolute atomic E-state index is 0.0934. The van der Waals surface area contributed by atoms with Gasteiger partial charge in [0.25, 0.3) is 0 Å². The molecule has 0 bridgehead atoms. The molecule has 0 aliphatic heterocycles. The van der Waals surface area contributed by atoms with E-state index in [-0.39, 0.29) is 24.9 Å². The van der Waals surface area contributed by atoms with Crippen molar-refractivity contribution in [3.63, 3.8) is 0 Å². The predicted molar refractivity (Wildman–Crippen MR) is 77.8 cm³/mol. The lowest BCUT2D eigenvalue weighted by molar-refractivity contribution is -0.122. The van der Waals surface area contributed by atoms with Gasteiger partial charge in [0.15, 0.2) is 0 Å². The molecule has 0 heterocycles. The molecule has 0 aromatic heterocycles. The SMILES string of the molecule is CCNC(=O)CN(C)CC(=O)Nc1cccc(OC)c1. The van der Waals surface area contributed by atoms with Gasteiger partial charge in [0.1, 0.15) is 5.75 Å². The highest BCUT2D eigenvalue weighted by atomic mass is 16.5. The highest BCUT2D eigenvalue weighted by Crippen LogP contribution is 2.16. The standard InChI is InChI=1S/C14H21N3O3/c1-4-15-13(18)9-17(2)10-14(19)16-11-6-5-7-12(8-11)20-3/h5-8H,4,9-10H2,1-3H3,(H,15,18)(H,16,19). The Bertz CT molecular complexity index is 463. The van der Waals surface area contributed by atoms with Crippen molar-refractivity contribution in [3.8, 4) is 5.75 Å². The molecule has 0 atom stereocenters. The van der Waals surface area contributed by atoms with Crippen LogP contribution in [0.5, 0.6) is 5.75 Å². The van der Waals surface area contributed by atoms with Gasteiger partial charge in [0.05, 0.1) is 20.2 Å². The zero-order valence-corrected chi connectivity index (χ0v) is 12.1. The second kappa shape index (κ2) is 8.16. The molecule has 6 heteroatoms. The molecule has 1 rings (SSSR count). The van der Waals surface area contributed by atoms with Crippen LogP contribution in [0.25, 0.3) is 0 Å². The molecule has 0 aliphatic carbocycles. The lowest BCUT2D eigenvalue weighted by Gasteiger charge is -2.15. The summed E-state index contributed by atoms with van der Waals surface area (Å²) in [5.41, 5.74) is 0.667. The number of methoxy groups -OCH3 is 1. The molecule has 0 saturated carbocycles. The molecule has 0 saturated heterocycles. The van der Waals surface area contributed by atoms with Gasteiger partial charge in [-0.2, -0.15) is 0 Å². The van der Waals surface area contributed by atoms with E-state index in [1.165, 1.54) is 0 Å². The van der Waals surface area contributed by atoms with Gasteiger partial charge in [-0.3, -0.25) is 14.5 Å². The van der Waals surface area contributed by atoms with Crippen LogP contribution in [-0.2, 0) is 9.59 Å². The maximum atomic E-state index is 11.8. The van der Waals surface area contributed by atoms with E-state index in [0.717, 1.165) is 0 Å². The number of nitrogens with zero attached hydrogens (tertiary/aromatic N) is 1. The predicted octanol–water partition coefficient (Wildman–Crippen LogP) is 0.702. The largest absolute Gasteiger partial charge is 0.497 e. The van der Waals surface area contributed by atoms with Crippen molar-refractivity contribution in [2.45, 2.75) is 6.92 Å². The summed E-state index contributed by atoms with van der Waals surface area (Å²) >= 11 is 0. The smallest absolute Gasteiger partial charge is 0.238 e. The Morgan fingerprint density at radius 2 is 1.95 bits per heavy atom. The summed E-state index contributed by atoms with van der Waals surface area (Å²) in [5, 5.41) is 5.45. The minimum atomic E-state index is -0.176. The van der Waals surface area contributed by atoms with E-state index < -0.39 is 0 Å². The Morgan fingerprint density at radius 1 is 1.25 bits per heavy atom. The molecule has 2 amide bonds. The molecule has 0 spiro atoms. The maximum Gasteiger partial charge on any atom is 0.238 e. The number of ether oxygens (including phenoxy) is 1. The Hall–Kier alpha value is -2.08. The Morgan fingerprint density at radius 3 is 2.60 bits per heavy atom. The second-order valence-corrected chi connectivity index (χ2v) is 4.41. The summed E-state index contributed by atoms with van der Waals surface area (Å²) in [5.74, 6) is 0.410. The summed E-state index contributed by atoms with van der Waals surface area (Å²) in [6, 6.07) is 7.12. The number of likely N-dealkylation sites (N-methyl/N-ethyl adjacent to an activating group) is 2. The van der Waals surface area contributed by atoms with Gasteiger partial charge in [-0.15, -0.1) is 0 Å². The van der Waals surface area contributed by atoms with Crippen LogP contribution in [0.15, 0.2) is 24.3 Å². The highest BCUT2D eigenvalue weighted by molar-refractivity contribution is 5.92. The number of carbonyl (C=O) groups is 2. The van der Waals surface area contributed by atoms with E-state index >= 15 is 0 Å². The van der Waals surface area contributed by atoms with E-state index in [4.69, 9.17) is 4.74 Å². The minimum Gasteiger partial charge on any atom is -0.497 e. The van der Waals surface area contributed by atoms with Crippen LogP contribution >= 0.6 is 0 Å². The normalized spacial score (nSPS) is 10.2. The molecule has 20 heavy (non-hydrogen) atoms. The number of benzene rings is 1. The third kappa shape index (κ3) is 5.71. The van der Waals surface area contributed by atoms with Crippen molar-refractivity contribution >= 4 is 17.5 Å². The van der Waals surface area contributed by atoms with Gasteiger partial charge in [-0.1, -0.05) is 6.07 Å². The van der Waals surface area contributed by atoms with Crippen molar-refractivity contribution in [1.82, 2.24) is 10.2 Å². The zero-order chi connectivity index (χ0) is 15.0. The Labute approximate surface area is 119 Å². The van der Waals surface area contributed by atoms with Crippen molar-refractivity contribution in [1.29, 1.82) is 0 Å². The maximum absolute atomic E-state index is 11.8. The van der Waals surface area contributed by atoms with Gasteiger partial charge >= 0.3 is 0 Å². The lowest BCUT2D eigenvalue weighted by Crippen LogP contribution is -2.38. The molecule has 0 fully saturated rings. The summed E-state index contributed by atoms with van der Waals surface area (Å²) in [7, 11) is 3.29. The Balaban J connectivity index is 2.44. The number of hydrogen-bond acceptors (Lipinski definition) is 4. The van der Waals surface area contributed by atoms with Crippen molar-refractivity contribution in [2.75, 3.05) is 39.1 Å². The number of hydrogen-bond donors (Lipinski definition) is 2. The van der Waals surface area contributed by atoms with Gasteiger partial charge in [-0.05, 0) is 26.1 Å². The van der Waals surface area contributed by atoms with E-state index in [0.29, 0.717) is 18.0 Å². The first-order chi connectivity index (χ1) is 9.55. The fourth-order valence-corrected chi connectivity index (χ4v) is 1.70. The summed E-state index contributed by atoms with van der Waals surface area (Å²) < 4.78 is 5.08. The summed E-state index contributed by atoms with van der Waals surface area (Å²) in [6.07, 6.45) is 0.